The van der Waals surface area contributed by atoms with Crippen LogP contribution in [0.4, 0.5) is 0 Å². The number of benzene rings is 2. The van der Waals surface area contributed by atoms with Gasteiger partial charge in [0, 0.05) is 17.2 Å². The molecule has 0 unspecified atom stereocenters. The molecule has 3 rings (SSSR count). The van der Waals surface area contributed by atoms with Crippen LogP contribution in [0.3, 0.4) is 0 Å². The molecule has 130 valence electrons. The van der Waals surface area contributed by atoms with Gasteiger partial charge in [-0.3, -0.25) is 5.32 Å². The third-order valence-electron chi connectivity index (χ3n) is 4.18. The molecule has 0 aliphatic carbocycles. The van der Waals surface area contributed by atoms with Gasteiger partial charge in [-0.1, -0.05) is 35.9 Å². The van der Waals surface area contributed by atoms with Crippen molar-refractivity contribution in [2.75, 3.05) is 7.11 Å². The van der Waals surface area contributed by atoms with Gasteiger partial charge in [0.15, 0.2) is 0 Å². The zero-order valence-electron chi connectivity index (χ0n) is 15.0. The van der Waals surface area contributed by atoms with Gasteiger partial charge in [-0.15, -0.1) is 10.2 Å². The highest BCUT2D eigenvalue weighted by atomic mass is 16.5. The van der Waals surface area contributed by atoms with Crippen LogP contribution < -0.4 is 10.1 Å². The lowest BCUT2D eigenvalue weighted by atomic mass is 10.0. The summed E-state index contributed by atoms with van der Waals surface area (Å²) in [5.74, 6) is 1.97. The number of aryl methyl sites for hydroxylation is 1. The van der Waals surface area contributed by atoms with E-state index >= 15 is 0 Å². The zero-order valence-corrected chi connectivity index (χ0v) is 15.0. The Morgan fingerprint density at radius 1 is 1.00 bits per heavy atom. The van der Waals surface area contributed by atoms with Crippen LogP contribution in [0, 0.1) is 6.92 Å². The zero-order chi connectivity index (χ0) is 17.8. The first kappa shape index (κ1) is 17.2. The normalized spacial score (nSPS) is 13.4. The average Bonchev–Trinajstić information content (AvgIpc) is 3.12. The molecular formula is C20H23N3O2. The fourth-order valence-electron chi connectivity index (χ4n) is 2.84. The lowest BCUT2D eigenvalue weighted by Gasteiger charge is -2.20. The molecule has 5 heteroatoms. The molecule has 25 heavy (non-hydrogen) atoms. The minimum absolute atomic E-state index is 0.0785. The van der Waals surface area contributed by atoms with Gasteiger partial charge in [0.25, 0.3) is 0 Å². The first-order chi connectivity index (χ1) is 12.1. The van der Waals surface area contributed by atoms with Gasteiger partial charge < -0.3 is 9.15 Å². The number of methoxy groups -OCH3 is 1. The monoisotopic (exact) mass is 337 g/mol. The molecule has 0 spiro atoms. The molecule has 0 bridgehead atoms. The Morgan fingerprint density at radius 2 is 1.76 bits per heavy atom. The molecule has 0 aliphatic rings. The van der Waals surface area contributed by atoms with Crippen LogP contribution in [0.15, 0.2) is 52.9 Å². The van der Waals surface area contributed by atoms with E-state index in [2.05, 4.69) is 35.4 Å². The van der Waals surface area contributed by atoms with Gasteiger partial charge >= 0.3 is 0 Å². The van der Waals surface area contributed by atoms with Gasteiger partial charge in [0.2, 0.25) is 11.8 Å². The first-order valence-corrected chi connectivity index (χ1v) is 8.38. The largest absolute Gasteiger partial charge is 0.496 e. The van der Waals surface area contributed by atoms with E-state index in [0.717, 1.165) is 16.9 Å². The minimum atomic E-state index is -0.0785. The first-order valence-electron chi connectivity index (χ1n) is 8.38. The van der Waals surface area contributed by atoms with Gasteiger partial charge in [-0.25, -0.2) is 0 Å². The van der Waals surface area contributed by atoms with Crippen molar-refractivity contribution in [2.24, 2.45) is 0 Å². The molecule has 0 aliphatic heterocycles. The maximum Gasteiger partial charge on any atom is 0.247 e. The maximum absolute atomic E-state index is 5.83. The topological polar surface area (TPSA) is 60.2 Å². The fourth-order valence-corrected chi connectivity index (χ4v) is 2.84. The average molecular weight is 337 g/mol. The van der Waals surface area contributed by atoms with E-state index in [1.54, 1.807) is 7.11 Å². The Balaban J connectivity index is 1.75. The second kappa shape index (κ2) is 7.49. The molecule has 0 fully saturated rings. The van der Waals surface area contributed by atoms with Crippen LogP contribution in [0.2, 0.25) is 0 Å². The third kappa shape index (κ3) is 3.88. The van der Waals surface area contributed by atoms with E-state index in [4.69, 9.17) is 9.15 Å². The molecule has 0 saturated heterocycles. The van der Waals surface area contributed by atoms with Gasteiger partial charge in [0.1, 0.15) is 5.75 Å². The molecule has 2 aromatic carbocycles. The van der Waals surface area contributed by atoms with Crippen LogP contribution in [0.5, 0.6) is 5.75 Å². The summed E-state index contributed by atoms with van der Waals surface area (Å²) in [5, 5.41) is 11.8. The molecule has 0 saturated carbocycles. The second-order valence-corrected chi connectivity index (χ2v) is 6.17. The summed E-state index contributed by atoms with van der Waals surface area (Å²) in [7, 11) is 1.69. The number of nitrogens with zero attached hydrogens (tertiary/aromatic N) is 2. The van der Waals surface area contributed by atoms with Crippen molar-refractivity contribution in [2.45, 2.75) is 32.9 Å². The smallest absolute Gasteiger partial charge is 0.247 e. The van der Waals surface area contributed by atoms with Crippen LogP contribution >= 0.6 is 0 Å². The summed E-state index contributed by atoms with van der Waals surface area (Å²) >= 11 is 0. The van der Waals surface area contributed by atoms with Crippen molar-refractivity contribution in [3.63, 3.8) is 0 Å². The number of hydrogen-bond acceptors (Lipinski definition) is 5. The van der Waals surface area contributed by atoms with E-state index in [9.17, 15) is 0 Å². The Morgan fingerprint density at radius 3 is 2.48 bits per heavy atom. The van der Waals surface area contributed by atoms with Crippen molar-refractivity contribution in [1.82, 2.24) is 15.5 Å². The maximum atomic E-state index is 5.83. The highest BCUT2D eigenvalue weighted by Gasteiger charge is 2.19. The summed E-state index contributed by atoms with van der Waals surface area (Å²) in [6.45, 7) is 6.19. The summed E-state index contributed by atoms with van der Waals surface area (Å²) in [6.07, 6.45) is 0. The molecule has 0 amide bonds. The highest BCUT2D eigenvalue weighted by molar-refractivity contribution is 5.51. The van der Waals surface area contributed by atoms with Crippen molar-refractivity contribution in [3.8, 4) is 17.2 Å². The molecule has 0 radical (unpaired) electrons. The summed E-state index contributed by atoms with van der Waals surface area (Å²) in [4.78, 5) is 0. The SMILES string of the molecule is COc1ccc(C)cc1[C@H](C)N[C@H](C)c1nnc(-c2ccccc2)o1. The number of ether oxygens (including phenoxy) is 1. The lowest BCUT2D eigenvalue weighted by Crippen LogP contribution is -2.23. The fraction of sp³-hybridized carbons (Fsp3) is 0.300. The van der Waals surface area contributed by atoms with Crippen LogP contribution in [-0.2, 0) is 0 Å². The molecule has 1 heterocycles. The lowest BCUT2D eigenvalue weighted by molar-refractivity contribution is 0.375. The molecule has 1 aromatic heterocycles. The summed E-state index contributed by atoms with van der Waals surface area (Å²) in [6, 6.07) is 15.9. The van der Waals surface area contributed by atoms with Gasteiger partial charge in [0.05, 0.1) is 13.2 Å². The predicted octanol–water partition coefficient (Wildman–Crippen LogP) is 4.47. The second-order valence-electron chi connectivity index (χ2n) is 6.17. The number of nitrogens with one attached hydrogen (secondary N) is 1. The van der Waals surface area contributed by atoms with Crippen molar-refractivity contribution in [3.05, 3.63) is 65.5 Å². The van der Waals surface area contributed by atoms with E-state index in [0.29, 0.717) is 11.8 Å². The number of hydrogen-bond donors (Lipinski definition) is 1. The standard InChI is InChI=1S/C20H23N3O2/c1-13-10-11-18(24-4)17(12-13)14(2)21-15(3)19-22-23-20(25-19)16-8-6-5-7-9-16/h5-12,14-15,21H,1-4H3/t14-,15+/m0/s1. The minimum Gasteiger partial charge on any atom is -0.496 e. The van der Waals surface area contributed by atoms with Crippen LogP contribution in [0.1, 0.15) is 42.9 Å². The van der Waals surface area contributed by atoms with Gasteiger partial charge in [-0.2, -0.15) is 0 Å². The molecule has 1 N–H and O–H groups in total. The van der Waals surface area contributed by atoms with Crippen molar-refractivity contribution in [1.29, 1.82) is 0 Å². The van der Waals surface area contributed by atoms with Gasteiger partial charge in [-0.05, 0) is 39.0 Å². The Bertz CT molecular complexity index is 830. The third-order valence-corrected chi connectivity index (χ3v) is 4.18. The van der Waals surface area contributed by atoms with E-state index in [-0.39, 0.29) is 12.1 Å². The van der Waals surface area contributed by atoms with E-state index < -0.39 is 0 Å². The van der Waals surface area contributed by atoms with Crippen molar-refractivity contribution >= 4 is 0 Å². The molecule has 3 aromatic rings. The Labute approximate surface area is 148 Å². The highest BCUT2D eigenvalue weighted by Crippen LogP contribution is 2.28. The van der Waals surface area contributed by atoms with Crippen LogP contribution in [-0.4, -0.2) is 17.3 Å². The summed E-state index contributed by atoms with van der Waals surface area (Å²) < 4.78 is 11.3. The summed E-state index contributed by atoms with van der Waals surface area (Å²) in [5.41, 5.74) is 3.22. The number of aromatic nitrogens is 2. The van der Waals surface area contributed by atoms with E-state index in [1.807, 2.05) is 49.4 Å². The van der Waals surface area contributed by atoms with Crippen LogP contribution in [0.25, 0.3) is 11.5 Å². The van der Waals surface area contributed by atoms with E-state index in [1.165, 1.54) is 5.56 Å². The molecule has 2 atom stereocenters. The molecular weight excluding hydrogens is 314 g/mol. The Hall–Kier alpha value is -2.66. The van der Waals surface area contributed by atoms with Crippen molar-refractivity contribution < 1.29 is 9.15 Å². The molecule has 5 nitrogen and oxygen atoms in total. The number of rotatable bonds is 6. The predicted molar refractivity (Wildman–Crippen MR) is 97.4 cm³/mol. The Kier molecular flexibility index (Phi) is 5.14. The quantitative estimate of drug-likeness (QED) is 0.719.